The molecular formula is C16H15N5O4. The van der Waals surface area contributed by atoms with Gasteiger partial charge in [0.2, 0.25) is 5.91 Å². The highest BCUT2D eigenvalue weighted by Crippen LogP contribution is 2.24. The number of aromatic amines is 1. The van der Waals surface area contributed by atoms with Gasteiger partial charge in [0.05, 0.1) is 22.7 Å². The molecule has 128 valence electrons. The first-order valence-corrected chi connectivity index (χ1v) is 7.46. The van der Waals surface area contributed by atoms with Crippen LogP contribution in [0, 0.1) is 24.0 Å². The van der Waals surface area contributed by atoms with Crippen LogP contribution in [0.3, 0.4) is 0 Å². The van der Waals surface area contributed by atoms with Crippen molar-refractivity contribution in [3.8, 4) is 11.3 Å². The Morgan fingerprint density at radius 2 is 2.16 bits per heavy atom. The number of nitro groups is 1. The summed E-state index contributed by atoms with van der Waals surface area (Å²) in [5.74, 6) is 0.678. The molecule has 0 bridgehead atoms. The SMILES string of the molecule is Cc1noc(C)c1CC(=O)Nc1cc(-c2cccc([N+](=O)[O-])c2)[nH]n1. The van der Waals surface area contributed by atoms with Crippen LogP contribution in [0.1, 0.15) is 17.0 Å². The molecule has 9 nitrogen and oxygen atoms in total. The Morgan fingerprint density at radius 1 is 1.36 bits per heavy atom. The molecule has 3 rings (SSSR count). The maximum atomic E-state index is 12.1. The van der Waals surface area contributed by atoms with Crippen molar-refractivity contribution < 1.29 is 14.2 Å². The summed E-state index contributed by atoms with van der Waals surface area (Å²) in [5.41, 5.74) is 2.57. The van der Waals surface area contributed by atoms with E-state index in [-0.39, 0.29) is 18.0 Å². The van der Waals surface area contributed by atoms with E-state index in [4.69, 9.17) is 4.52 Å². The van der Waals surface area contributed by atoms with E-state index in [1.54, 1.807) is 32.0 Å². The molecule has 2 N–H and O–H groups in total. The van der Waals surface area contributed by atoms with Gasteiger partial charge in [0.15, 0.2) is 5.82 Å². The summed E-state index contributed by atoms with van der Waals surface area (Å²) in [5, 5.41) is 24.1. The molecule has 0 fully saturated rings. The molecule has 0 spiro atoms. The largest absolute Gasteiger partial charge is 0.361 e. The third-order valence-electron chi connectivity index (χ3n) is 3.73. The minimum atomic E-state index is -0.466. The molecule has 0 radical (unpaired) electrons. The Balaban J connectivity index is 1.72. The molecule has 2 aromatic heterocycles. The lowest BCUT2D eigenvalue weighted by molar-refractivity contribution is -0.384. The summed E-state index contributed by atoms with van der Waals surface area (Å²) in [6.45, 7) is 3.52. The van der Waals surface area contributed by atoms with Crippen LogP contribution in [0.4, 0.5) is 11.5 Å². The number of hydrogen-bond acceptors (Lipinski definition) is 6. The number of nitro benzene ring substituents is 1. The van der Waals surface area contributed by atoms with Gasteiger partial charge in [-0.1, -0.05) is 17.3 Å². The molecule has 2 heterocycles. The van der Waals surface area contributed by atoms with Gasteiger partial charge in [0, 0.05) is 29.3 Å². The lowest BCUT2D eigenvalue weighted by atomic mass is 10.1. The lowest BCUT2D eigenvalue weighted by Crippen LogP contribution is -2.15. The molecule has 0 aliphatic heterocycles. The minimum absolute atomic E-state index is 0.0175. The van der Waals surface area contributed by atoms with Gasteiger partial charge in [-0.15, -0.1) is 0 Å². The average Bonchev–Trinajstić information content (AvgIpc) is 3.17. The van der Waals surface area contributed by atoms with Crippen LogP contribution in [0.5, 0.6) is 0 Å². The molecule has 1 amide bonds. The standard InChI is InChI=1S/C16H15N5O4/c1-9-13(10(2)25-20-9)7-16(22)17-15-8-14(18-19-15)11-4-3-5-12(6-11)21(23)24/h3-6,8H,7H2,1-2H3,(H2,17,18,19,22). The topological polar surface area (TPSA) is 127 Å². The van der Waals surface area contributed by atoms with Gasteiger partial charge in [0.1, 0.15) is 5.76 Å². The Hall–Kier alpha value is -3.49. The normalized spacial score (nSPS) is 10.6. The van der Waals surface area contributed by atoms with E-state index in [0.717, 1.165) is 5.56 Å². The fourth-order valence-corrected chi connectivity index (χ4v) is 2.42. The summed E-state index contributed by atoms with van der Waals surface area (Å²) in [7, 11) is 0. The number of carbonyl (C=O) groups is 1. The molecule has 0 aliphatic carbocycles. The van der Waals surface area contributed by atoms with Gasteiger partial charge in [-0.25, -0.2) is 0 Å². The van der Waals surface area contributed by atoms with Crippen molar-refractivity contribution in [1.82, 2.24) is 15.4 Å². The van der Waals surface area contributed by atoms with Gasteiger partial charge in [0.25, 0.3) is 5.69 Å². The highest BCUT2D eigenvalue weighted by atomic mass is 16.6. The Kier molecular flexibility index (Phi) is 4.29. The number of anilines is 1. The predicted octanol–water partition coefficient (Wildman–Crippen LogP) is 2.77. The molecule has 0 saturated carbocycles. The van der Waals surface area contributed by atoms with Crippen molar-refractivity contribution >= 4 is 17.4 Å². The Bertz CT molecular complexity index is 924. The number of rotatable bonds is 5. The second-order valence-electron chi connectivity index (χ2n) is 5.50. The molecule has 0 saturated heterocycles. The highest BCUT2D eigenvalue weighted by Gasteiger charge is 2.15. The number of benzene rings is 1. The molecular weight excluding hydrogens is 326 g/mol. The predicted molar refractivity (Wildman–Crippen MR) is 89.0 cm³/mol. The van der Waals surface area contributed by atoms with Crippen LogP contribution in [0.2, 0.25) is 0 Å². The van der Waals surface area contributed by atoms with Crippen LogP contribution in [0.25, 0.3) is 11.3 Å². The van der Waals surface area contributed by atoms with Crippen LogP contribution in [-0.4, -0.2) is 26.2 Å². The molecule has 25 heavy (non-hydrogen) atoms. The summed E-state index contributed by atoms with van der Waals surface area (Å²) in [6, 6.07) is 7.76. The van der Waals surface area contributed by atoms with Crippen LogP contribution in [-0.2, 0) is 11.2 Å². The molecule has 1 aromatic carbocycles. The van der Waals surface area contributed by atoms with Gasteiger partial charge in [-0.3, -0.25) is 20.0 Å². The van der Waals surface area contributed by atoms with E-state index in [1.807, 2.05) is 0 Å². The zero-order valence-electron chi connectivity index (χ0n) is 13.6. The second kappa shape index (κ2) is 6.56. The van der Waals surface area contributed by atoms with E-state index >= 15 is 0 Å². The van der Waals surface area contributed by atoms with E-state index in [9.17, 15) is 14.9 Å². The number of nitrogens with zero attached hydrogens (tertiary/aromatic N) is 3. The van der Waals surface area contributed by atoms with Crippen molar-refractivity contribution in [3.63, 3.8) is 0 Å². The van der Waals surface area contributed by atoms with E-state index in [2.05, 4.69) is 20.7 Å². The first kappa shape index (κ1) is 16.4. The molecule has 9 heteroatoms. The number of carbonyl (C=O) groups excluding carboxylic acids is 1. The third kappa shape index (κ3) is 3.55. The number of hydrogen-bond donors (Lipinski definition) is 2. The molecule has 3 aromatic rings. The van der Waals surface area contributed by atoms with Crippen molar-refractivity contribution in [2.75, 3.05) is 5.32 Å². The number of aromatic nitrogens is 3. The smallest absolute Gasteiger partial charge is 0.270 e. The number of nitrogens with one attached hydrogen (secondary N) is 2. The van der Waals surface area contributed by atoms with Crippen LogP contribution in [0.15, 0.2) is 34.9 Å². The summed E-state index contributed by atoms with van der Waals surface area (Å²) >= 11 is 0. The zero-order chi connectivity index (χ0) is 18.0. The highest BCUT2D eigenvalue weighted by molar-refractivity contribution is 5.92. The molecule has 0 atom stereocenters. The number of amides is 1. The van der Waals surface area contributed by atoms with Crippen molar-refractivity contribution in [2.45, 2.75) is 20.3 Å². The third-order valence-corrected chi connectivity index (χ3v) is 3.73. The van der Waals surface area contributed by atoms with Crippen molar-refractivity contribution in [3.05, 3.63) is 57.5 Å². The maximum absolute atomic E-state index is 12.1. The van der Waals surface area contributed by atoms with Crippen LogP contribution < -0.4 is 5.32 Å². The maximum Gasteiger partial charge on any atom is 0.270 e. The lowest BCUT2D eigenvalue weighted by Gasteiger charge is -2.01. The summed E-state index contributed by atoms with van der Waals surface area (Å²) < 4.78 is 5.03. The number of non-ortho nitro benzene ring substituents is 1. The average molecular weight is 341 g/mol. The van der Waals surface area contributed by atoms with Gasteiger partial charge in [-0.05, 0) is 13.8 Å². The van der Waals surface area contributed by atoms with E-state index < -0.39 is 4.92 Å². The van der Waals surface area contributed by atoms with E-state index in [0.29, 0.717) is 28.5 Å². The van der Waals surface area contributed by atoms with Gasteiger partial charge in [-0.2, -0.15) is 5.10 Å². The first-order valence-electron chi connectivity index (χ1n) is 7.46. The fourth-order valence-electron chi connectivity index (χ4n) is 2.42. The Morgan fingerprint density at radius 3 is 2.84 bits per heavy atom. The Labute approximate surface area is 142 Å². The van der Waals surface area contributed by atoms with Crippen molar-refractivity contribution in [1.29, 1.82) is 0 Å². The number of H-pyrrole nitrogens is 1. The van der Waals surface area contributed by atoms with Crippen molar-refractivity contribution in [2.24, 2.45) is 0 Å². The quantitative estimate of drug-likeness (QED) is 0.542. The van der Waals surface area contributed by atoms with Crippen LogP contribution >= 0.6 is 0 Å². The fraction of sp³-hybridized carbons (Fsp3) is 0.188. The molecule has 0 unspecified atom stereocenters. The summed E-state index contributed by atoms with van der Waals surface area (Å²) in [4.78, 5) is 22.5. The molecule has 0 aliphatic rings. The monoisotopic (exact) mass is 341 g/mol. The van der Waals surface area contributed by atoms with E-state index in [1.165, 1.54) is 12.1 Å². The zero-order valence-corrected chi connectivity index (χ0v) is 13.6. The summed E-state index contributed by atoms with van der Waals surface area (Å²) in [6.07, 6.45) is 0.125. The first-order chi connectivity index (χ1) is 11.9. The van der Waals surface area contributed by atoms with Gasteiger partial charge >= 0.3 is 0 Å². The van der Waals surface area contributed by atoms with Gasteiger partial charge < -0.3 is 9.84 Å². The second-order valence-corrected chi connectivity index (χ2v) is 5.50. The number of aryl methyl sites for hydroxylation is 2. The minimum Gasteiger partial charge on any atom is -0.361 e.